The van der Waals surface area contributed by atoms with E-state index in [-0.39, 0.29) is 18.7 Å². The van der Waals surface area contributed by atoms with Crippen LogP contribution < -0.4 is 20.9 Å². The number of hydrogen-bond acceptors (Lipinski definition) is 6. The van der Waals surface area contributed by atoms with E-state index < -0.39 is 17.4 Å². The molecular weight excluding hydrogens is 386 g/mol. The molecule has 0 atom stereocenters. The second-order valence-electron chi connectivity index (χ2n) is 6.61. The molecule has 9 nitrogen and oxygen atoms in total. The highest BCUT2D eigenvalue weighted by atomic mass is 16.5. The minimum Gasteiger partial charge on any atom is -0.495 e. The van der Waals surface area contributed by atoms with Gasteiger partial charge in [0.2, 0.25) is 11.8 Å². The van der Waals surface area contributed by atoms with Crippen molar-refractivity contribution in [2.24, 2.45) is 0 Å². The van der Waals surface area contributed by atoms with Crippen molar-refractivity contribution in [2.75, 3.05) is 19.0 Å². The molecule has 2 rings (SSSR count). The molecule has 0 aliphatic rings. The van der Waals surface area contributed by atoms with Crippen LogP contribution in [0.15, 0.2) is 23.0 Å². The number of nitrogens with zero attached hydrogens (tertiary/aromatic N) is 3. The molecular formula is C21H25N5O4. The Bertz CT molecular complexity index is 1050. The van der Waals surface area contributed by atoms with Crippen LogP contribution in [0.4, 0.5) is 5.69 Å². The molecule has 1 aromatic carbocycles. The summed E-state index contributed by atoms with van der Waals surface area (Å²) in [6, 6.07) is 7.26. The number of benzene rings is 1. The van der Waals surface area contributed by atoms with E-state index in [4.69, 9.17) is 4.74 Å². The first-order valence-corrected chi connectivity index (χ1v) is 9.58. The van der Waals surface area contributed by atoms with Crippen molar-refractivity contribution in [3.05, 3.63) is 50.9 Å². The maximum atomic E-state index is 12.5. The molecule has 0 aliphatic heterocycles. The van der Waals surface area contributed by atoms with Crippen molar-refractivity contribution in [1.82, 2.24) is 15.1 Å². The highest BCUT2D eigenvalue weighted by molar-refractivity contribution is 5.95. The minimum atomic E-state index is -0.615. The lowest BCUT2D eigenvalue weighted by Gasteiger charge is -2.13. The molecule has 2 amide bonds. The van der Waals surface area contributed by atoms with E-state index in [2.05, 4.69) is 15.7 Å². The Kier molecular flexibility index (Phi) is 7.69. The number of rotatable bonds is 8. The second kappa shape index (κ2) is 10.2. The summed E-state index contributed by atoms with van der Waals surface area (Å²) in [4.78, 5) is 36.9. The van der Waals surface area contributed by atoms with Crippen molar-refractivity contribution in [3.8, 4) is 11.8 Å². The maximum Gasteiger partial charge on any atom is 0.285 e. The van der Waals surface area contributed by atoms with E-state index in [9.17, 15) is 19.6 Å². The SMILES string of the molecule is CCc1nn(CC(=O)NCC(=O)Nc2cc(C)ccc2OC)c(=O)c(C#N)c1CC. The van der Waals surface area contributed by atoms with Crippen LogP contribution in [0.5, 0.6) is 5.75 Å². The number of carbonyl (C=O) groups is 2. The zero-order valence-corrected chi connectivity index (χ0v) is 17.5. The Balaban J connectivity index is 2.07. The summed E-state index contributed by atoms with van der Waals surface area (Å²) in [6.45, 7) is 4.91. The summed E-state index contributed by atoms with van der Waals surface area (Å²) in [5.41, 5.74) is 2.03. The molecule has 30 heavy (non-hydrogen) atoms. The molecule has 0 saturated carbocycles. The fraction of sp³-hybridized carbons (Fsp3) is 0.381. The highest BCUT2D eigenvalue weighted by Gasteiger charge is 2.17. The van der Waals surface area contributed by atoms with Gasteiger partial charge in [-0.3, -0.25) is 14.4 Å². The third-order valence-corrected chi connectivity index (χ3v) is 4.51. The number of aryl methyl sites for hydroxylation is 2. The van der Waals surface area contributed by atoms with Gasteiger partial charge in [0.15, 0.2) is 0 Å². The van der Waals surface area contributed by atoms with Crippen LogP contribution in [-0.2, 0) is 29.0 Å². The van der Waals surface area contributed by atoms with E-state index in [0.29, 0.717) is 35.5 Å². The summed E-state index contributed by atoms with van der Waals surface area (Å²) >= 11 is 0. The standard InChI is InChI=1S/C21H25N5O4/c1-5-14-15(10-22)21(29)26(25-16(14)6-2)12-20(28)23-11-19(27)24-17-9-13(3)7-8-18(17)30-4/h7-9H,5-6,11-12H2,1-4H3,(H,23,28)(H,24,27). The average molecular weight is 411 g/mol. The predicted octanol–water partition coefficient (Wildman–Crippen LogP) is 1.31. The van der Waals surface area contributed by atoms with Crippen LogP contribution in [0.1, 0.15) is 36.2 Å². The third-order valence-electron chi connectivity index (χ3n) is 4.51. The molecule has 0 radical (unpaired) electrons. The fourth-order valence-electron chi connectivity index (χ4n) is 3.03. The maximum absolute atomic E-state index is 12.5. The topological polar surface area (TPSA) is 126 Å². The first-order valence-electron chi connectivity index (χ1n) is 9.58. The van der Waals surface area contributed by atoms with Crippen LogP contribution in [0.25, 0.3) is 0 Å². The lowest BCUT2D eigenvalue weighted by Crippen LogP contribution is -2.39. The van der Waals surface area contributed by atoms with Gasteiger partial charge in [-0.15, -0.1) is 0 Å². The second-order valence-corrected chi connectivity index (χ2v) is 6.61. The summed E-state index contributed by atoms with van der Waals surface area (Å²) in [6.07, 6.45) is 1.03. The Morgan fingerprint density at radius 1 is 1.23 bits per heavy atom. The Hall–Kier alpha value is -3.67. The number of hydrogen-bond donors (Lipinski definition) is 2. The van der Waals surface area contributed by atoms with Gasteiger partial charge >= 0.3 is 0 Å². The lowest BCUT2D eigenvalue weighted by molar-refractivity contribution is -0.124. The molecule has 0 spiro atoms. The van der Waals surface area contributed by atoms with Crippen molar-refractivity contribution in [2.45, 2.75) is 40.2 Å². The first kappa shape index (κ1) is 22.6. The van der Waals surface area contributed by atoms with Gasteiger partial charge in [-0.2, -0.15) is 10.4 Å². The van der Waals surface area contributed by atoms with E-state index in [1.165, 1.54) is 7.11 Å². The Labute approximate surface area is 174 Å². The lowest BCUT2D eigenvalue weighted by atomic mass is 10.0. The van der Waals surface area contributed by atoms with Gasteiger partial charge in [-0.05, 0) is 43.0 Å². The van der Waals surface area contributed by atoms with Gasteiger partial charge < -0.3 is 15.4 Å². The van der Waals surface area contributed by atoms with Gasteiger partial charge in [0, 0.05) is 0 Å². The van der Waals surface area contributed by atoms with Crippen LogP contribution in [0.2, 0.25) is 0 Å². The minimum absolute atomic E-state index is 0.00133. The number of carbonyl (C=O) groups excluding carboxylic acids is 2. The van der Waals surface area contributed by atoms with Crippen LogP contribution in [0.3, 0.4) is 0 Å². The summed E-state index contributed by atoms with van der Waals surface area (Å²) < 4.78 is 6.17. The number of amides is 2. The highest BCUT2D eigenvalue weighted by Crippen LogP contribution is 2.24. The number of nitriles is 1. The summed E-state index contributed by atoms with van der Waals surface area (Å²) in [7, 11) is 1.50. The van der Waals surface area contributed by atoms with Gasteiger partial charge in [-0.25, -0.2) is 4.68 Å². The molecule has 0 saturated heterocycles. The van der Waals surface area contributed by atoms with Crippen LogP contribution in [-0.4, -0.2) is 35.2 Å². The fourth-order valence-corrected chi connectivity index (χ4v) is 3.03. The normalized spacial score (nSPS) is 10.2. The molecule has 0 aliphatic carbocycles. The summed E-state index contributed by atoms with van der Waals surface area (Å²) in [5, 5.41) is 18.7. The number of nitrogens with one attached hydrogen (secondary N) is 2. The van der Waals surface area contributed by atoms with E-state index in [1.807, 2.05) is 32.9 Å². The monoisotopic (exact) mass is 411 g/mol. The average Bonchev–Trinajstić information content (AvgIpc) is 2.73. The quantitative estimate of drug-likeness (QED) is 0.674. The van der Waals surface area contributed by atoms with Crippen molar-refractivity contribution in [1.29, 1.82) is 5.26 Å². The van der Waals surface area contributed by atoms with Gasteiger partial charge in [-0.1, -0.05) is 19.9 Å². The molecule has 1 aromatic heterocycles. The van der Waals surface area contributed by atoms with E-state index in [0.717, 1.165) is 10.2 Å². The van der Waals surface area contributed by atoms with Gasteiger partial charge in [0.1, 0.15) is 23.9 Å². The molecule has 1 heterocycles. The van der Waals surface area contributed by atoms with Gasteiger partial charge in [0.25, 0.3) is 5.56 Å². The molecule has 0 bridgehead atoms. The van der Waals surface area contributed by atoms with Crippen molar-refractivity contribution < 1.29 is 14.3 Å². The molecule has 158 valence electrons. The number of aromatic nitrogens is 2. The van der Waals surface area contributed by atoms with E-state index in [1.54, 1.807) is 12.1 Å². The van der Waals surface area contributed by atoms with Crippen LogP contribution >= 0.6 is 0 Å². The molecule has 2 aromatic rings. The number of ether oxygens (including phenoxy) is 1. The first-order chi connectivity index (χ1) is 14.3. The predicted molar refractivity (Wildman–Crippen MR) is 111 cm³/mol. The Morgan fingerprint density at radius 3 is 2.57 bits per heavy atom. The number of methoxy groups -OCH3 is 1. The largest absolute Gasteiger partial charge is 0.495 e. The third kappa shape index (κ3) is 5.23. The zero-order chi connectivity index (χ0) is 22.3. The molecule has 9 heteroatoms. The van der Waals surface area contributed by atoms with Crippen molar-refractivity contribution in [3.63, 3.8) is 0 Å². The Morgan fingerprint density at radius 2 is 1.97 bits per heavy atom. The zero-order valence-electron chi connectivity index (χ0n) is 17.5. The molecule has 0 unspecified atom stereocenters. The summed E-state index contributed by atoms with van der Waals surface area (Å²) in [5.74, 6) is -0.504. The molecule has 0 fully saturated rings. The van der Waals surface area contributed by atoms with E-state index >= 15 is 0 Å². The van der Waals surface area contributed by atoms with Gasteiger partial charge in [0.05, 0.1) is 25.0 Å². The smallest absolute Gasteiger partial charge is 0.285 e. The van der Waals surface area contributed by atoms with Crippen molar-refractivity contribution >= 4 is 17.5 Å². The molecule has 2 N–H and O–H groups in total. The number of anilines is 1. The van der Waals surface area contributed by atoms with Crippen LogP contribution in [0, 0.1) is 18.3 Å².